The van der Waals surface area contributed by atoms with Crippen molar-refractivity contribution in [1.29, 1.82) is 0 Å². The van der Waals surface area contributed by atoms with Gasteiger partial charge in [-0.3, -0.25) is 0 Å². The molecule has 1 aromatic rings. The molecule has 1 atom stereocenters. The van der Waals surface area contributed by atoms with Crippen molar-refractivity contribution in [2.45, 2.75) is 19.4 Å². The van der Waals surface area contributed by atoms with Gasteiger partial charge in [-0.25, -0.2) is 0 Å². The predicted octanol–water partition coefficient (Wildman–Crippen LogP) is 1.90. The minimum absolute atomic E-state index is 0.0257. The second kappa shape index (κ2) is 8.61. The van der Waals surface area contributed by atoms with E-state index in [0.29, 0.717) is 18.1 Å². The Balaban J connectivity index is 2.78. The molecule has 5 nitrogen and oxygen atoms in total. The molecule has 1 aromatic carbocycles. The van der Waals surface area contributed by atoms with Crippen molar-refractivity contribution in [3.63, 3.8) is 0 Å². The molecule has 0 spiro atoms. The molecule has 0 aliphatic rings. The van der Waals surface area contributed by atoms with Crippen LogP contribution in [0.2, 0.25) is 0 Å². The number of hydrogen-bond donors (Lipinski definition) is 2. The molecular formula is C14H23NO4. The van der Waals surface area contributed by atoms with Crippen LogP contribution in [0.15, 0.2) is 18.2 Å². The third kappa shape index (κ3) is 4.96. The van der Waals surface area contributed by atoms with E-state index in [1.54, 1.807) is 14.2 Å². The van der Waals surface area contributed by atoms with Gasteiger partial charge in [-0.1, -0.05) is 6.92 Å². The SMILES string of the molecule is CCC(COC)Nc1ccc(OC)c(OCCO)c1. The van der Waals surface area contributed by atoms with Gasteiger partial charge in [0.1, 0.15) is 6.61 Å². The Labute approximate surface area is 114 Å². The van der Waals surface area contributed by atoms with Crippen molar-refractivity contribution in [3.8, 4) is 11.5 Å². The van der Waals surface area contributed by atoms with Crippen LogP contribution in [-0.2, 0) is 4.74 Å². The van der Waals surface area contributed by atoms with Crippen molar-refractivity contribution < 1.29 is 19.3 Å². The Hall–Kier alpha value is -1.46. The van der Waals surface area contributed by atoms with Gasteiger partial charge in [0, 0.05) is 24.9 Å². The Morgan fingerprint density at radius 1 is 1.26 bits per heavy atom. The summed E-state index contributed by atoms with van der Waals surface area (Å²) < 4.78 is 15.8. The van der Waals surface area contributed by atoms with Crippen molar-refractivity contribution in [3.05, 3.63) is 18.2 Å². The molecule has 0 aliphatic carbocycles. The molecule has 0 amide bonds. The van der Waals surface area contributed by atoms with Crippen molar-refractivity contribution in [2.24, 2.45) is 0 Å². The van der Waals surface area contributed by atoms with E-state index in [0.717, 1.165) is 12.1 Å². The molecule has 0 aliphatic heterocycles. The second-order valence-electron chi connectivity index (χ2n) is 4.14. The molecule has 0 bridgehead atoms. The van der Waals surface area contributed by atoms with Gasteiger partial charge in [0.15, 0.2) is 11.5 Å². The minimum Gasteiger partial charge on any atom is -0.493 e. The number of ether oxygens (including phenoxy) is 3. The molecule has 5 heteroatoms. The van der Waals surface area contributed by atoms with Gasteiger partial charge in [0.25, 0.3) is 0 Å². The molecule has 1 rings (SSSR count). The molecule has 0 fully saturated rings. The summed E-state index contributed by atoms with van der Waals surface area (Å²) in [6, 6.07) is 5.90. The standard InChI is InChI=1S/C14H23NO4/c1-4-11(10-17-2)15-12-5-6-13(18-3)14(9-12)19-8-7-16/h5-6,9,11,15-16H,4,7-8,10H2,1-3H3. The fourth-order valence-electron chi connectivity index (χ4n) is 1.73. The minimum atomic E-state index is -0.0257. The number of rotatable bonds is 9. The lowest BCUT2D eigenvalue weighted by Gasteiger charge is -2.18. The Morgan fingerprint density at radius 2 is 2.05 bits per heavy atom. The van der Waals surface area contributed by atoms with Crippen LogP contribution in [0.3, 0.4) is 0 Å². The highest BCUT2D eigenvalue weighted by Gasteiger charge is 2.09. The third-order valence-electron chi connectivity index (χ3n) is 2.74. The monoisotopic (exact) mass is 269 g/mol. The summed E-state index contributed by atoms with van der Waals surface area (Å²) in [6.07, 6.45) is 0.965. The van der Waals surface area contributed by atoms with E-state index in [4.69, 9.17) is 19.3 Å². The van der Waals surface area contributed by atoms with E-state index < -0.39 is 0 Å². The van der Waals surface area contributed by atoms with E-state index in [9.17, 15) is 0 Å². The maximum Gasteiger partial charge on any atom is 0.163 e. The summed E-state index contributed by atoms with van der Waals surface area (Å²) in [5, 5.41) is 12.2. The smallest absolute Gasteiger partial charge is 0.163 e. The van der Waals surface area contributed by atoms with Crippen LogP contribution in [0, 0.1) is 0 Å². The van der Waals surface area contributed by atoms with Gasteiger partial charge in [0.05, 0.1) is 20.3 Å². The average molecular weight is 269 g/mol. The zero-order valence-electron chi connectivity index (χ0n) is 11.8. The topological polar surface area (TPSA) is 60.0 Å². The zero-order valence-corrected chi connectivity index (χ0v) is 11.8. The molecule has 0 heterocycles. The second-order valence-corrected chi connectivity index (χ2v) is 4.14. The third-order valence-corrected chi connectivity index (χ3v) is 2.74. The summed E-state index contributed by atoms with van der Waals surface area (Å²) >= 11 is 0. The molecule has 0 saturated carbocycles. The van der Waals surface area contributed by atoms with E-state index >= 15 is 0 Å². The maximum absolute atomic E-state index is 8.82. The highest BCUT2D eigenvalue weighted by molar-refractivity contribution is 5.55. The van der Waals surface area contributed by atoms with Gasteiger partial charge < -0.3 is 24.6 Å². The Bertz CT molecular complexity index is 370. The van der Waals surface area contributed by atoms with Crippen LogP contribution in [0.5, 0.6) is 11.5 Å². The van der Waals surface area contributed by atoms with E-state index in [2.05, 4.69) is 12.2 Å². The first-order chi connectivity index (χ1) is 9.24. The molecule has 0 aromatic heterocycles. The molecule has 1 unspecified atom stereocenters. The van der Waals surface area contributed by atoms with Gasteiger partial charge in [-0.15, -0.1) is 0 Å². The lowest BCUT2D eigenvalue weighted by atomic mass is 10.2. The van der Waals surface area contributed by atoms with Crippen LogP contribution in [-0.4, -0.2) is 45.2 Å². The number of aliphatic hydroxyl groups is 1. The number of nitrogens with one attached hydrogen (secondary N) is 1. The fourth-order valence-corrected chi connectivity index (χ4v) is 1.73. The summed E-state index contributed by atoms with van der Waals surface area (Å²) in [6.45, 7) is 2.97. The summed E-state index contributed by atoms with van der Waals surface area (Å²) in [5.41, 5.74) is 0.942. The van der Waals surface area contributed by atoms with E-state index in [-0.39, 0.29) is 19.3 Å². The number of benzene rings is 1. The summed E-state index contributed by atoms with van der Waals surface area (Å²) in [4.78, 5) is 0. The average Bonchev–Trinajstić information content (AvgIpc) is 2.44. The predicted molar refractivity (Wildman–Crippen MR) is 75.2 cm³/mol. The normalized spacial score (nSPS) is 12.0. The summed E-state index contributed by atoms with van der Waals surface area (Å²) in [7, 11) is 3.28. The van der Waals surface area contributed by atoms with Crippen LogP contribution < -0.4 is 14.8 Å². The van der Waals surface area contributed by atoms with Crippen molar-refractivity contribution in [2.75, 3.05) is 39.4 Å². The summed E-state index contributed by atoms with van der Waals surface area (Å²) in [5.74, 6) is 1.27. The van der Waals surface area contributed by atoms with Gasteiger partial charge in [-0.05, 0) is 18.6 Å². The van der Waals surface area contributed by atoms with Crippen LogP contribution in [0.4, 0.5) is 5.69 Å². The highest BCUT2D eigenvalue weighted by Crippen LogP contribution is 2.30. The molecule has 108 valence electrons. The Morgan fingerprint density at radius 3 is 2.63 bits per heavy atom. The first kappa shape index (κ1) is 15.6. The van der Waals surface area contributed by atoms with Crippen LogP contribution >= 0.6 is 0 Å². The van der Waals surface area contributed by atoms with Crippen LogP contribution in [0.25, 0.3) is 0 Å². The Kier molecular flexibility index (Phi) is 7.07. The molecule has 0 radical (unpaired) electrons. The van der Waals surface area contributed by atoms with E-state index in [1.165, 1.54) is 0 Å². The molecular weight excluding hydrogens is 246 g/mol. The zero-order chi connectivity index (χ0) is 14.1. The van der Waals surface area contributed by atoms with Gasteiger partial charge in [0.2, 0.25) is 0 Å². The first-order valence-electron chi connectivity index (χ1n) is 6.42. The molecule has 19 heavy (non-hydrogen) atoms. The number of methoxy groups -OCH3 is 2. The fraction of sp³-hybridized carbons (Fsp3) is 0.571. The largest absolute Gasteiger partial charge is 0.493 e. The number of anilines is 1. The first-order valence-corrected chi connectivity index (χ1v) is 6.42. The van der Waals surface area contributed by atoms with Gasteiger partial charge in [-0.2, -0.15) is 0 Å². The maximum atomic E-state index is 8.82. The lowest BCUT2D eigenvalue weighted by molar-refractivity contribution is 0.184. The van der Waals surface area contributed by atoms with E-state index in [1.807, 2.05) is 18.2 Å². The quantitative estimate of drug-likeness (QED) is 0.717. The number of hydrogen-bond acceptors (Lipinski definition) is 5. The van der Waals surface area contributed by atoms with Crippen LogP contribution in [0.1, 0.15) is 13.3 Å². The van der Waals surface area contributed by atoms with Gasteiger partial charge >= 0.3 is 0 Å². The number of aliphatic hydroxyl groups excluding tert-OH is 1. The lowest BCUT2D eigenvalue weighted by Crippen LogP contribution is -2.23. The molecule has 0 saturated heterocycles. The highest BCUT2D eigenvalue weighted by atomic mass is 16.5. The van der Waals surface area contributed by atoms with Crippen molar-refractivity contribution in [1.82, 2.24) is 0 Å². The van der Waals surface area contributed by atoms with Crippen molar-refractivity contribution >= 4 is 5.69 Å². The molecule has 2 N–H and O–H groups in total.